The first-order chi connectivity index (χ1) is 11.6. The summed E-state index contributed by atoms with van der Waals surface area (Å²) in [5.41, 5.74) is 2.50. The van der Waals surface area contributed by atoms with E-state index in [1.54, 1.807) is 0 Å². The normalized spacial score (nSPS) is 28.8. The summed E-state index contributed by atoms with van der Waals surface area (Å²) in [7, 11) is 0. The lowest BCUT2D eigenvalue weighted by Gasteiger charge is -2.49. The highest BCUT2D eigenvalue weighted by atomic mass is 35.5. The highest BCUT2D eigenvalue weighted by Gasteiger charge is 2.40. The van der Waals surface area contributed by atoms with Crippen molar-refractivity contribution in [3.05, 3.63) is 47.1 Å². The fourth-order valence-corrected chi connectivity index (χ4v) is 4.32. The predicted molar refractivity (Wildman–Crippen MR) is 96.3 cm³/mol. The van der Waals surface area contributed by atoms with E-state index >= 15 is 0 Å². The number of carbonyl (C=O) groups is 1. The van der Waals surface area contributed by atoms with Crippen molar-refractivity contribution in [2.45, 2.75) is 31.8 Å². The van der Waals surface area contributed by atoms with Crippen LogP contribution in [-0.4, -0.2) is 41.0 Å². The van der Waals surface area contributed by atoms with Crippen LogP contribution in [-0.2, 0) is 0 Å². The van der Waals surface area contributed by atoms with Crippen molar-refractivity contribution >= 4 is 17.5 Å². The SMILES string of the molecule is C[C@@H]1[C@H](NC(=O)c2ccc(-c3cccc(Cl)c3)[nH]2)C2CCN1CC2. The Morgan fingerprint density at radius 3 is 2.75 bits per heavy atom. The number of piperidine rings is 3. The smallest absolute Gasteiger partial charge is 0.267 e. The number of H-pyrrole nitrogens is 1. The van der Waals surface area contributed by atoms with Gasteiger partial charge >= 0.3 is 0 Å². The summed E-state index contributed by atoms with van der Waals surface area (Å²) >= 11 is 6.05. The van der Waals surface area contributed by atoms with Crippen LogP contribution in [0.15, 0.2) is 36.4 Å². The van der Waals surface area contributed by atoms with E-state index in [4.69, 9.17) is 11.6 Å². The number of hydrogen-bond donors (Lipinski definition) is 2. The number of hydrogen-bond acceptors (Lipinski definition) is 2. The molecule has 5 rings (SSSR count). The first kappa shape index (κ1) is 15.7. The van der Waals surface area contributed by atoms with Crippen LogP contribution in [0.3, 0.4) is 0 Å². The van der Waals surface area contributed by atoms with E-state index < -0.39 is 0 Å². The van der Waals surface area contributed by atoms with E-state index in [1.807, 2.05) is 36.4 Å². The summed E-state index contributed by atoms with van der Waals surface area (Å²) in [5.74, 6) is 0.588. The number of nitrogens with one attached hydrogen (secondary N) is 2. The second-order valence-corrected chi connectivity index (χ2v) is 7.35. The standard InChI is InChI=1S/C19H22ClN3O/c1-12-18(13-7-9-23(12)10-8-13)22-19(24)17-6-5-16(21-17)14-3-2-4-15(20)11-14/h2-6,11-13,18,21H,7-10H2,1H3,(H,22,24)/t12-,18+/m1/s1. The zero-order valence-corrected chi connectivity index (χ0v) is 14.5. The number of nitrogens with zero attached hydrogens (tertiary/aromatic N) is 1. The van der Waals surface area contributed by atoms with Crippen molar-refractivity contribution < 1.29 is 4.79 Å². The molecule has 1 amide bonds. The first-order valence-corrected chi connectivity index (χ1v) is 8.99. The van der Waals surface area contributed by atoms with Gasteiger partial charge in [-0.1, -0.05) is 23.7 Å². The monoisotopic (exact) mass is 343 g/mol. The molecule has 3 aliphatic rings. The van der Waals surface area contributed by atoms with Crippen LogP contribution in [0, 0.1) is 5.92 Å². The molecule has 2 aromatic rings. The van der Waals surface area contributed by atoms with Crippen LogP contribution in [0.25, 0.3) is 11.3 Å². The van der Waals surface area contributed by atoms with E-state index in [2.05, 4.69) is 22.1 Å². The van der Waals surface area contributed by atoms with Crippen LogP contribution < -0.4 is 5.32 Å². The van der Waals surface area contributed by atoms with Gasteiger partial charge in [0, 0.05) is 22.8 Å². The van der Waals surface area contributed by atoms with E-state index in [0.29, 0.717) is 22.7 Å². The van der Waals surface area contributed by atoms with Gasteiger partial charge in [-0.2, -0.15) is 0 Å². The highest BCUT2D eigenvalue weighted by Crippen LogP contribution is 2.32. The Morgan fingerprint density at radius 2 is 2.04 bits per heavy atom. The topological polar surface area (TPSA) is 48.1 Å². The van der Waals surface area contributed by atoms with Crippen LogP contribution >= 0.6 is 11.6 Å². The molecule has 0 unspecified atom stereocenters. The quantitative estimate of drug-likeness (QED) is 0.895. The number of amides is 1. The number of rotatable bonds is 3. The van der Waals surface area contributed by atoms with Gasteiger partial charge < -0.3 is 10.3 Å². The van der Waals surface area contributed by atoms with Gasteiger partial charge in [0.2, 0.25) is 0 Å². The summed E-state index contributed by atoms with van der Waals surface area (Å²) in [4.78, 5) is 18.4. The summed E-state index contributed by atoms with van der Waals surface area (Å²) < 4.78 is 0. The number of halogens is 1. The number of aromatic amines is 1. The largest absolute Gasteiger partial charge is 0.351 e. The molecule has 3 saturated heterocycles. The lowest BCUT2D eigenvalue weighted by Crippen LogP contribution is -2.62. The molecule has 3 aliphatic heterocycles. The van der Waals surface area contributed by atoms with Crippen molar-refractivity contribution in [1.82, 2.24) is 15.2 Å². The molecule has 24 heavy (non-hydrogen) atoms. The minimum Gasteiger partial charge on any atom is -0.351 e. The lowest BCUT2D eigenvalue weighted by molar-refractivity contribution is 0.0216. The molecule has 4 nitrogen and oxygen atoms in total. The van der Waals surface area contributed by atoms with Gasteiger partial charge in [0.15, 0.2) is 0 Å². The van der Waals surface area contributed by atoms with Crippen LogP contribution in [0.4, 0.5) is 0 Å². The average molecular weight is 344 g/mol. The Labute approximate surface area is 147 Å². The van der Waals surface area contributed by atoms with E-state index in [9.17, 15) is 4.79 Å². The van der Waals surface area contributed by atoms with Crippen molar-refractivity contribution in [3.8, 4) is 11.3 Å². The van der Waals surface area contributed by atoms with Gasteiger partial charge in [-0.3, -0.25) is 9.69 Å². The maximum absolute atomic E-state index is 12.7. The number of carbonyl (C=O) groups excluding carboxylic acids is 1. The van der Waals surface area contributed by atoms with Gasteiger partial charge in [0.25, 0.3) is 5.91 Å². The van der Waals surface area contributed by atoms with Gasteiger partial charge in [-0.05, 0) is 68.6 Å². The molecule has 0 spiro atoms. The Bertz CT molecular complexity index is 747. The van der Waals surface area contributed by atoms with Crippen molar-refractivity contribution in [1.29, 1.82) is 0 Å². The minimum absolute atomic E-state index is 0.0196. The fraction of sp³-hybridized carbons (Fsp3) is 0.421. The molecule has 0 saturated carbocycles. The van der Waals surface area contributed by atoms with E-state index in [0.717, 1.165) is 11.3 Å². The Balaban J connectivity index is 1.49. The maximum Gasteiger partial charge on any atom is 0.267 e. The van der Waals surface area contributed by atoms with Gasteiger partial charge in [0.1, 0.15) is 5.69 Å². The van der Waals surface area contributed by atoms with Crippen LogP contribution in [0.2, 0.25) is 5.02 Å². The summed E-state index contributed by atoms with van der Waals surface area (Å²) in [6, 6.07) is 12.1. The van der Waals surface area contributed by atoms with E-state index in [1.165, 1.54) is 25.9 Å². The average Bonchev–Trinajstić information content (AvgIpc) is 3.09. The van der Waals surface area contributed by atoms with Gasteiger partial charge in [-0.15, -0.1) is 0 Å². The molecular weight excluding hydrogens is 322 g/mol. The van der Waals surface area contributed by atoms with Crippen molar-refractivity contribution in [2.75, 3.05) is 13.1 Å². The fourth-order valence-electron chi connectivity index (χ4n) is 4.13. The third-order valence-electron chi connectivity index (χ3n) is 5.54. The van der Waals surface area contributed by atoms with Gasteiger partial charge in [0.05, 0.1) is 0 Å². The number of benzene rings is 1. The molecule has 2 N–H and O–H groups in total. The zero-order chi connectivity index (χ0) is 16.7. The van der Waals surface area contributed by atoms with Crippen molar-refractivity contribution in [3.63, 3.8) is 0 Å². The van der Waals surface area contributed by atoms with E-state index in [-0.39, 0.29) is 11.9 Å². The Hall–Kier alpha value is -1.78. The van der Waals surface area contributed by atoms with Crippen LogP contribution in [0.1, 0.15) is 30.3 Å². The number of fused-ring (bicyclic) bond motifs is 3. The lowest BCUT2D eigenvalue weighted by atomic mass is 9.79. The Kier molecular flexibility index (Phi) is 4.10. The molecular formula is C19H22ClN3O. The highest BCUT2D eigenvalue weighted by molar-refractivity contribution is 6.30. The second kappa shape index (κ2) is 6.26. The molecule has 1 aromatic carbocycles. The number of aromatic nitrogens is 1. The first-order valence-electron chi connectivity index (χ1n) is 8.62. The summed E-state index contributed by atoms with van der Waals surface area (Å²) in [5, 5.41) is 3.94. The molecule has 126 valence electrons. The summed E-state index contributed by atoms with van der Waals surface area (Å²) in [6.45, 7) is 4.56. The Morgan fingerprint density at radius 1 is 1.25 bits per heavy atom. The summed E-state index contributed by atoms with van der Waals surface area (Å²) in [6.07, 6.45) is 2.38. The van der Waals surface area contributed by atoms with Crippen LogP contribution in [0.5, 0.6) is 0 Å². The molecule has 3 fully saturated rings. The second-order valence-electron chi connectivity index (χ2n) is 6.91. The van der Waals surface area contributed by atoms with Gasteiger partial charge in [-0.25, -0.2) is 0 Å². The molecule has 5 heteroatoms. The zero-order valence-electron chi connectivity index (χ0n) is 13.8. The molecule has 1 aromatic heterocycles. The van der Waals surface area contributed by atoms with Crippen molar-refractivity contribution in [2.24, 2.45) is 5.92 Å². The third-order valence-corrected chi connectivity index (χ3v) is 5.78. The predicted octanol–water partition coefficient (Wildman–Crippen LogP) is 3.55. The molecule has 0 aliphatic carbocycles. The molecule has 4 heterocycles. The molecule has 2 bridgehead atoms. The third kappa shape index (κ3) is 2.85. The molecule has 0 radical (unpaired) electrons. The maximum atomic E-state index is 12.7. The molecule has 2 atom stereocenters. The minimum atomic E-state index is -0.0196.